The largest absolute Gasteiger partial charge is 0.419 e. The highest BCUT2D eigenvalue weighted by molar-refractivity contribution is 6.04. The van der Waals surface area contributed by atoms with E-state index in [0.29, 0.717) is 22.8 Å². The van der Waals surface area contributed by atoms with Gasteiger partial charge in [-0.15, -0.1) is 0 Å². The number of carbonyl (C=O) groups excluding carboxylic acids is 1. The first-order valence-corrected chi connectivity index (χ1v) is 10.7. The number of alkyl halides is 3. The summed E-state index contributed by atoms with van der Waals surface area (Å²) in [5, 5.41) is 0. The topological polar surface area (TPSA) is 101 Å². The molecule has 0 fully saturated rings. The molecule has 3 N–H and O–H groups in total. The molecule has 2 heterocycles. The molecule has 0 radical (unpaired) electrons. The first-order valence-electron chi connectivity index (χ1n) is 10.7. The van der Waals surface area contributed by atoms with Crippen molar-refractivity contribution in [1.29, 1.82) is 0 Å². The summed E-state index contributed by atoms with van der Waals surface area (Å²) in [5.74, 6) is -0.167. The van der Waals surface area contributed by atoms with E-state index in [1.807, 2.05) is 0 Å². The minimum atomic E-state index is -4.34. The summed E-state index contributed by atoms with van der Waals surface area (Å²) >= 11 is 0. The molecule has 0 aliphatic rings. The predicted molar refractivity (Wildman–Crippen MR) is 118 cm³/mol. The van der Waals surface area contributed by atoms with Gasteiger partial charge < -0.3 is 15.6 Å². The first kappa shape index (κ1) is 26.0. The maximum atomic E-state index is 13.6. The Morgan fingerprint density at radius 2 is 1.76 bits per heavy atom. The number of H-pyrrole nitrogens is 1. The Hall–Kier alpha value is -3.24. The fourth-order valence-electron chi connectivity index (χ4n) is 3.09. The van der Waals surface area contributed by atoms with E-state index in [2.05, 4.69) is 38.7 Å². The van der Waals surface area contributed by atoms with Crippen molar-refractivity contribution in [2.75, 3.05) is 18.0 Å². The van der Waals surface area contributed by atoms with Crippen molar-refractivity contribution in [3.63, 3.8) is 0 Å². The van der Waals surface area contributed by atoms with Crippen LogP contribution < -0.4 is 10.6 Å². The van der Waals surface area contributed by atoms with Gasteiger partial charge in [-0.2, -0.15) is 13.2 Å². The molecule has 2 aromatic heterocycles. The molecule has 1 amide bonds. The number of nitrogens with one attached hydrogen (secondary N) is 1. The number of carbonyl (C=O) groups is 1. The molecule has 1 aromatic carbocycles. The van der Waals surface area contributed by atoms with Crippen LogP contribution in [0.15, 0.2) is 24.5 Å². The normalized spacial score (nSPS) is 11.2. The van der Waals surface area contributed by atoms with Crippen molar-refractivity contribution in [2.45, 2.75) is 52.6 Å². The van der Waals surface area contributed by atoms with Crippen molar-refractivity contribution in [3.8, 4) is 0 Å². The second-order valence-corrected chi connectivity index (χ2v) is 7.49. The molecule has 0 saturated heterocycles. The van der Waals surface area contributed by atoms with Crippen LogP contribution in [-0.2, 0) is 6.18 Å². The molecule has 11 heteroatoms. The molecule has 7 nitrogen and oxygen atoms in total. The van der Waals surface area contributed by atoms with Gasteiger partial charge in [-0.3, -0.25) is 4.79 Å². The summed E-state index contributed by atoms with van der Waals surface area (Å²) in [5.41, 5.74) is 5.55. The molecule has 3 rings (SSSR count). The van der Waals surface area contributed by atoms with E-state index in [-0.39, 0.29) is 5.56 Å². The highest BCUT2D eigenvalue weighted by Crippen LogP contribution is 2.27. The summed E-state index contributed by atoms with van der Waals surface area (Å²) in [6.45, 7) is 7.53. The highest BCUT2D eigenvalue weighted by atomic mass is 19.4. The molecular weight excluding hydrogens is 440 g/mol. The van der Waals surface area contributed by atoms with Gasteiger partial charge in [0.1, 0.15) is 17.2 Å². The van der Waals surface area contributed by atoms with Gasteiger partial charge >= 0.3 is 6.18 Å². The summed E-state index contributed by atoms with van der Waals surface area (Å²) in [7, 11) is 0. The first-order chi connectivity index (χ1) is 15.6. The summed E-state index contributed by atoms with van der Waals surface area (Å²) < 4.78 is 49.1. The number of aromatic amines is 1. The van der Waals surface area contributed by atoms with Crippen LogP contribution in [0.25, 0.3) is 11.0 Å². The van der Waals surface area contributed by atoms with Crippen molar-refractivity contribution < 1.29 is 22.4 Å². The number of nitrogens with zero attached hydrogens (tertiary/aromatic N) is 4. The Bertz CT molecular complexity index is 1050. The Labute approximate surface area is 189 Å². The number of hydrogen-bond donors (Lipinski definition) is 2. The van der Waals surface area contributed by atoms with Gasteiger partial charge in [-0.25, -0.2) is 19.3 Å². The Morgan fingerprint density at radius 1 is 1.09 bits per heavy atom. The summed E-state index contributed by atoms with van der Waals surface area (Å²) in [4.78, 5) is 28.0. The van der Waals surface area contributed by atoms with Crippen LogP contribution in [-0.4, -0.2) is 38.9 Å². The Balaban J connectivity index is 0.000000294. The predicted octanol–water partition coefficient (Wildman–Crippen LogP) is 5.01. The third-order valence-corrected chi connectivity index (χ3v) is 4.74. The standard InChI is InChI=1S/C16H23FN4O.C6H5F3N2/c1-3-5-6-8-21(7-4-2)16-19-13-10-11(17)9-12(15(18)22)14(13)20-16;1-4-10-2-5(3-11-4)6(7,8)9/h9-10H,3-8H2,1-2H3,(H2,18,22)(H,19,20);2-3H,1H3. The van der Waals surface area contributed by atoms with Crippen LogP contribution in [0.5, 0.6) is 0 Å². The van der Waals surface area contributed by atoms with E-state index in [0.717, 1.165) is 57.2 Å². The quantitative estimate of drug-likeness (QED) is 0.357. The molecular formula is C22H28F4N6O. The average molecular weight is 468 g/mol. The van der Waals surface area contributed by atoms with E-state index >= 15 is 0 Å². The van der Waals surface area contributed by atoms with Gasteiger partial charge in [-0.05, 0) is 31.9 Å². The van der Waals surface area contributed by atoms with Gasteiger partial charge in [0, 0.05) is 25.5 Å². The van der Waals surface area contributed by atoms with E-state index in [9.17, 15) is 22.4 Å². The number of fused-ring (bicyclic) bond motifs is 1. The number of nitrogens with two attached hydrogens (primary N) is 1. The van der Waals surface area contributed by atoms with Crippen LogP contribution in [0.2, 0.25) is 0 Å². The fraction of sp³-hybridized carbons (Fsp3) is 0.455. The fourth-order valence-corrected chi connectivity index (χ4v) is 3.09. The minimum Gasteiger partial charge on any atom is -0.366 e. The van der Waals surface area contributed by atoms with E-state index < -0.39 is 23.5 Å². The third-order valence-electron chi connectivity index (χ3n) is 4.74. The molecule has 0 saturated carbocycles. The zero-order chi connectivity index (χ0) is 24.6. The number of amides is 1. The number of imidazole rings is 1. The Kier molecular flexibility index (Phi) is 9.12. The van der Waals surface area contributed by atoms with E-state index in [4.69, 9.17) is 5.73 Å². The van der Waals surface area contributed by atoms with Gasteiger partial charge in [-0.1, -0.05) is 26.7 Å². The molecule has 0 atom stereocenters. The van der Waals surface area contributed by atoms with Crippen LogP contribution >= 0.6 is 0 Å². The molecule has 180 valence electrons. The third kappa shape index (κ3) is 7.40. The molecule has 3 aromatic rings. The zero-order valence-corrected chi connectivity index (χ0v) is 18.8. The van der Waals surface area contributed by atoms with Gasteiger partial charge in [0.05, 0.1) is 16.6 Å². The van der Waals surface area contributed by atoms with Crippen LogP contribution in [0.4, 0.5) is 23.5 Å². The van der Waals surface area contributed by atoms with Crippen LogP contribution in [0, 0.1) is 12.7 Å². The summed E-state index contributed by atoms with van der Waals surface area (Å²) in [6.07, 6.45) is 1.56. The lowest BCUT2D eigenvalue weighted by molar-refractivity contribution is -0.138. The number of benzene rings is 1. The van der Waals surface area contributed by atoms with Crippen molar-refractivity contribution in [2.24, 2.45) is 5.73 Å². The molecule has 0 aliphatic carbocycles. The number of aryl methyl sites for hydroxylation is 1. The van der Waals surface area contributed by atoms with Gasteiger partial charge in [0.2, 0.25) is 5.95 Å². The second-order valence-electron chi connectivity index (χ2n) is 7.49. The smallest absolute Gasteiger partial charge is 0.366 e. The van der Waals surface area contributed by atoms with E-state index in [1.54, 1.807) is 0 Å². The monoisotopic (exact) mass is 468 g/mol. The van der Waals surface area contributed by atoms with Crippen LogP contribution in [0.3, 0.4) is 0 Å². The summed E-state index contributed by atoms with van der Waals surface area (Å²) in [6, 6.07) is 2.48. The lowest BCUT2D eigenvalue weighted by Gasteiger charge is -2.20. The number of aromatic nitrogens is 4. The van der Waals surface area contributed by atoms with E-state index in [1.165, 1.54) is 13.0 Å². The maximum absolute atomic E-state index is 13.6. The molecule has 33 heavy (non-hydrogen) atoms. The number of primary amides is 1. The van der Waals surface area contributed by atoms with Crippen molar-refractivity contribution in [1.82, 2.24) is 19.9 Å². The number of rotatable bonds is 8. The number of halogens is 4. The van der Waals surface area contributed by atoms with Gasteiger partial charge in [0.15, 0.2) is 0 Å². The molecule has 0 aliphatic heterocycles. The lowest BCUT2D eigenvalue weighted by Crippen LogP contribution is -2.26. The average Bonchev–Trinajstić information content (AvgIpc) is 3.16. The number of hydrogen-bond acceptors (Lipinski definition) is 5. The highest BCUT2D eigenvalue weighted by Gasteiger charge is 2.31. The number of anilines is 1. The minimum absolute atomic E-state index is 0.113. The lowest BCUT2D eigenvalue weighted by atomic mass is 10.1. The number of unbranched alkanes of at least 4 members (excludes halogenated alkanes) is 2. The molecule has 0 unspecified atom stereocenters. The van der Waals surface area contributed by atoms with Crippen molar-refractivity contribution in [3.05, 3.63) is 47.3 Å². The molecule has 0 bridgehead atoms. The molecule has 0 spiro atoms. The van der Waals surface area contributed by atoms with Crippen LogP contribution in [0.1, 0.15) is 61.3 Å². The van der Waals surface area contributed by atoms with Crippen molar-refractivity contribution >= 4 is 22.9 Å². The van der Waals surface area contributed by atoms with Gasteiger partial charge in [0.25, 0.3) is 5.91 Å². The second kappa shape index (κ2) is 11.6. The SMILES string of the molecule is CCCCCN(CCC)c1nc2c(C(N)=O)cc(F)cc2[nH]1.Cc1ncc(C(F)(F)F)cn1. The zero-order valence-electron chi connectivity index (χ0n) is 18.8. The maximum Gasteiger partial charge on any atom is 0.419 e. The Morgan fingerprint density at radius 3 is 2.30 bits per heavy atom.